The van der Waals surface area contributed by atoms with E-state index in [9.17, 15) is 19.5 Å². The van der Waals surface area contributed by atoms with Crippen LogP contribution in [0, 0.1) is 0 Å². The minimum atomic E-state index is -1.08. The van der Waals surface area contributed by atoms with Gasteiger partial charge in [-0.05, 0) is 47.0 Å². The molecule has 2 rings (SSSR count). The molecule has 1 unspecified atom stereocenters. The van der Waals surface area contributed by atoms with Gasteiger partial charge in [-0.15, -0.1) is 0 Å². The summed E-state index contributed by atoms with van der Waals surface area (Å²) < 4.78 is 5.42. The number of aliphatic hydroxyl groups excluding tert-OH is 1. The summed E-state index contributed by atoms with van der Waals surface area (Å²) in [5.74, 6) is -1.11. The molecule has 8 nitrogen and oxygen atoms in total. The molecular formula is C16H27N3O5. The predicted molar refractivity (Wildman–Crippen MR) is 85.9 cm³/mol. The summed E-state index contributed by atoms with van der Waals surface area (Å²) in [5, 5.41) is 9.75. The van der Waals surface area contributed by atoms with Gasteiger partial charge in [0.05, 0.1) is 12.6 Å². The van der Waals surface area contributed by atoms with Gasteiger partial charge in [0.2, 0.25) is 5.91 Å². The first-order chi connectivity index (χ1) is 11.0. The fourth-order valence-corrected chi connectivity index (χ4v) is 3.48. The first-order valence-electron chi connectivity index (χ1n) is 8.29. The number of carbonyl (C=O) groups is 3. The van der Waals surface area contributed by atoms with Gasteiger partial charge in [-0.2, -0.15) is 0 Å². The van der Waals surface area contributed by atoms with Crippen LogP contribution < -0.4 is 5.73 Å². The highest BCUT2D eigenvalue weighted by Crippen LogP contribution is 2.40. The topological polar surface area (TPSA) is 113 Å². The van der Waals surface area contributed by atoms with E-state index in [1.165, 1.54) is 16.7 Å². The van der Waals surface area contributed by atoms with Gasteiger partial charge in [0, 0.05) is 6.54 Å². The summed E-state index contributed by atoms with van der Waals surface area (Å²) in [5.41, 5.74) is 3.67. The third kappa shape index (κ3) is 3.19. The van der Waals surface area contributed by atoms with E-state index in [4.69, 9.17) is 10.5 Å². The zero-order chi connectivity index (χ0) is 18.3. The van der Waals surface area contributed by atoms with Crippen molar-refractivity contribution >= 4 is 17.9 Å². The molecule has 3 atom stereocenters. The number of primary amides is 1. The van der Waals surface area contributed by atoms with Crippen molar-refractivity contribution in [1.82, 2.24) is 9.80 Å². The first kappa shape index (κ1) is 18.5. The maximum absolute atomic E-state index is 12.8. The van der Waals surface area contributed by atoms with E-state index < -0.39 is 35.3 Å². The standard InChI is InChI=1S/C16H27N3O5/c1-10(20)11(12(17)21)18-9-16(13(18)22)7-5-6-8-19(16)14(23)24-15(2,3)4/h10-11,20H,5-9H2,1-4H3,(H2,17,21)/t10-,11+,16?/m1/s1. The lowest BCUT2D eigenvalue weighted by Gasteiger charge is -2.57. The van der Waals surface area contributed by atoms with E-state index in [1.807, 2.05) is 0 Å². The first-order valence-corrected chi connectivity index (χ1v) is 8.29. The number of nitrogens with zero attached hydrogens (tertiary/aromatic N) is 2. The van der Waals surface area contributed by atoms with Crippen molar-refractivity contribution in [2.24, 2.45) is 5.73 Å². The number of hydrogen-bond acceptors (Lipinski definition) is 5. The molecule has 2 aliphatic rings. The van der Waals surface area contributed by atoms with Gasteiger partial charge in [0.1, 0.15) is 17.2 Å². The van der Waals surface area contributed by atoms with Crippen LogP contribution in [0.1, 0.15) is 47.0 Å². The zero-order valence-corrected chi connectivity index (χ0v) is 14.7. The Labute approximate surface area is 141 Å². The number of likely N-dealkylation sites (tertiary alicyclic amines) is 2. The van der Waals surface area contributed by atoms with Gasteiger partial charge < -0.3 is 20.5 Å². The largest absolute Gasteiger partial charge is 0.444 e. The average molecular weight is 341 g/mol. The number of hydrogen-bond donors (Lipinski definition) is 2. The molecular weight excluding hydrogens is 314 g/mol. The molecule has 2 heterocycles. The van der Waals surface area contributed by atoms with Crippen LogP contribution in [-0.4, -0.2) is 69.2 Å². The summed E-state index contributed by atoms with van der Waals surface area (Å²) >= 11 is 0. The molecule has 2 fully saturated rings. The molecule has 0 aromatic rings. The van der Waals surface area contributed by atoms with Gasteiger partial charge in [0.15, 0.2) is 0 Å². The molecule has 0 radical (unpaired) electrons. The SMILES string of the molecule is C[C@@H](O)[C@@H](C(N)=O)N1CC2(CCCCN2C(=O)OC(C)(C)C)C1=O. The van der Waals surface area contributed by atoms with E-state index >= 15 is 0 Å². The average Bonchev–Trinajstić information content (AvgIpc) is 2.44. The second-order valence-corrected chi connectivity index (χ2v) is 7.64. The van der Waals surface area contributed by atoms with E-state index in [2.05, 4.69) is 0 Å². The Kier molecular flexibility index (Phi) is 4.81. The minimum absolute atomic E-state index is 0.184. The van der Waals surface area contributed by atoms with E-state index in [-0.39, 0.29) is 12.5 Å². The van der Waals surface area contributed by atoms with Crippen LogP contribution in [0.2, 0.25) is 0 Å². The second kappa shape index (κ2) is 6.23. The molecule has 0 aromatic heterocycles. The molecule has 0 saturated carbocycles. The van der Waals surface area contributed by atoms with Crippen LogP contribution in [0.3, 0.4) is 0 Å². The lowest BCUT2D eigenvalue weighted by Crippen LogP contribution is -2.79. The van der Waals surface area contributed by atoms with Gasteiger partial charge in [-0.3, -0.25) is 14.5 Å². The number of rotatable bonds is 3. The van der Waals surface area contributed by atoms with Crippen LogP contribution in [0.15, 0.2) is 0 Å². The lowest BCUT2D eigenvalue weighted by molar-refractivity contribution is -0.177. The van der Waals surface area contributed by atoms with E-state index in [1.54, 1.807) is 20.8 Å². The van der Waals surface area contributed by atoms with Crippen LogP contribution in [0.5, 0.6) is 0 Å². The number of amides is 3. The van der Waals surface area contributed by atoms with Gasteiger partial charge in [-0.1, -0.05) is 0 Å². The summed E-state index contributed by atoms with van der Waals surface area (Å²) in [6.07, 6.45) is 0.538. The highest BCUT2D eigenvalue weighted by Gasteiger charge is 2.61. The molecule has 2 saturated heterocycles. The smallest absolute Gasteiger partial charge is 0.411 e. The Morgan fingerprint density at radius 3 is 2.42 bits per heavy atom. The number of β-lactam (4-membered cyclic amide) rings is 1. The van der Waals surface area contributed by atoms with E-state index in [0.29, 0.717) is 13.0 Å². The van der Waals surface area contributed by atoms with Crippen LogP contribution in [0.25, 0.3) is 0 Å². The monoisotopic (exact) mass is 341 g/mol. The number of carbonyl (C=O) groups excluding carboxylic acids is 3. The molecule has 3 amide bonds. The summed E-state index contributed by atoms with van der Waals surface area (Å²) in [7, 11) is 0. The van der Waals surface area contributed by atoms with Crippen LogP contribution in [0.4, 0.5) is 4.79 Å². The predicted octanol–water partition coefficient (Wildman–Crippen LogP) is 0.223. The maximum Gasteiger partial charge on any atom is 0.411 e. The molecule has 2 aliphatic heterocycles. The third-order valence-corrected chi connectivity index (χ3v) is 4.53. The molecule has 0 bridgehead atoms. The molecule has 0 aliphatic carbocycles. The molecule has 0 aromatic carbocycles. The Balaban J connectivity index is 2.20. The summed E-state index contributed by atoms with van der Waals surface area (Å²) in [6.45, 7) is 7.35. The molecule has 8 heteroatoms. The van der Waals surface area contributed by atoms with E-state index in [0.717, 1.165) is 12.8 Å². The van der Waals surface area contributed by atoms with Crippen molar-refractivity contribution in [1.29, 1.82) is 0 Å². The lowest BCUT2D eigenvalue weighted by atomic mass is 9.77. The van der Waals surface area contributed by atoms with Crippen molar-refractivity contribution in [2.75, 3.05) is 13.1 Å². The van der Waals surface area contributed by atoms with Crippen molar-refractivity contribution in [2.45, 2.75) is 70.2 Å². The molecule has 1 spiro atoms. The maximum atomic E-state index is 12.8. The molecule has 3 N–H and O–H groups in total. The Morgan fingerprint density at radius 2 is 1.96 bits per heavy atom. The molecule has 136 valence electrons. The number of aliphatic hydroxyl groups is 1. The van der Waals surface area contributed by atoms with Crippen molar-refractivity contribution < 1.29 is 24.2 Å². The fourth-order valence-electron chi connectivity index (χ4n) is 3.48. The summed E-state index contributed by atoms with van der Waals surface area (Å²) in [4.78, 5) is 39.6. The quantitative estimate of drug-likeness (QED) is 0.713. The Morgan fingerprint density at radius 1 is 1.33 bits per heavy atom. The van der Waals surface area contributed by atoms with Crippen molar-refractivity contribution in [3.63, 3.8) is 0 Å². The van der Waals surface area contributed by atoms with Crippen LogP contribution in [-0.2, 0) is 14.3 Å². The number of piperidine rings is 1. The molecule has 24 heavy (non-hydrogen) atoms. The number of ether oxygens (including phenoxy) is 1. The summed E-state index contributed by atoms with van der Waals surface area (Å²) in [6, 6.07) is -1.08. The fraction of sp³-hybridized carbons (Fsp3) is 0.812. The van der Waals surface area contributed by atoms with Crippen LogP contribution >= 0.6 is 0 Å². The minimum Gasteiger partial charge on any atom is -0.444 e. The normalized spacial score (nSPS) is 26.8. The third-order valence-electron chi connectivity index (χ3n) is 4.53. The van der Waals surface area contributed by atoms with Crippen molar-refractivity contribution in [3.05, 3.63) is 0 Å². The van der Waals surface area contributed by atoms with Crippen molar-refractivity contribution in [3.8, 4) is 0 Å². The van der Waals surface area contributed by atoms with Gasteiger partial charge in [0.25, 0.3) is 5.91 Å². The van der Waals surface area contributed by atoms with Gasteiger partial charge >= 0.3 is 6.09 Å². The Bertz CT molecular complexity index is 542. The second-order valence-electron chi connectivity index (χ2n) is 7.64. The Hall–Kier alpha value is -1.83. The van der Waals surface area contributed by atoms with Gasteiger partial charge in [-0.25, -0.2) is 4.79 Å². The number of nitrogens with two attached hydrogens (primary N) is 1. The zero-order valence-electron chi connectivity index (χ0n) is 14.7. The highest BCUT2D eigenvalue weighted by atomic mass is 16.6. The highest BCUT2D eigenvalue weighted by molar-refractivity contribution is 5.99.